The number of nitrogen functional groups attached to an aromatic ring is 1. The van der Waals surface area contributed by atoms with Crippen molar-refractivity contribution in [1.82, 2.24) is 0 Å². The van der Waals surface area contributed by atoms with Gasteiger partial charge in [-0.3, -0.25) is 0 Å². The lowest BCUT2D eigenvalue weighted by Crippen LogP contribution is -1.94. The molecule has 0 spiro atoms. The van der Waals surface area contributed by atoms with Gasteiger partial charge in [-0.25, -0.2) is 13.2 Å². The van der Waals surface area contributed by atoms with Crippen molar-refractivity contribution in [2.24, 2.45) is 0 Å². The van der Waals surface area contributed by atoms with Crippen LogP contribution < -0.4 is 5.73 Å². The van der Waals surface area contributed by atoms with Gasteiger partial charge in [0.25, 0.3) is 0 Å². The van der Waals surface area contributed by atoms with E-state index in [0.717, 1.165) is 30.3 Å². The molecule has 0 amide bonds. The molecule has 0 saturated carbocycles. The first-order chi connectivity index (χ1) is 7.58. The van der Waals surface area contributed by atoms with Gasteiger partial charge in [0.05, 0.1) is 0 Å². The van der Waals surface area contributed by atoms with Gasteiger partial charge in [-0.15, -0.1) is 0 Å². The number of halogens is 3. The van der Waals surface area contributed by atoms with Crippen molar-refractivity contribution in [3.63, 3.8) is 0 Å². The van der Waals surface area contributed by atoms with Gasteiger partial charge in [0, 0.05) is 16.8 Å². The van der Waals surface area contributed by atoms with Crippen LogP contribution in [0.1, 0.15) is 0 Å². The molecule has 0 aliphatic carbocycles. The quantitative estimate of drug-likeness (QED) is 0.737. The van der Waals surface area contributed by atoms with Crippen molar-refractivity contribution < 1.29 is 13.2 Å². The average molecular weight is 223 g/mol. The van der Waals surface area contributed by atoms with E-state index in [4.69, 9.17) is 5.73 Å². The molecule has 0 fully saturated rings. The van der Waals surface area contributed by atoms with Crippen LogP contribution in [0.5, 0.6) is 0 Å². The Kier molecular flexibility index (Phi) is 2.56. The number of anilines is 1. The van der Waals surface area contributed by atoms with E-state index in [9.17, 15) is 13.2 Å². The Morgan fingerprint density at radius 2 is 1.38 bits per heavy atom. The molecule has 0 unspecified atom stereocenters. The molecule has 0 aromatic heterocycles. The van der Waals surface area contributed by atoms with Gasteiger partial charge in [0.1, 0.15) is 17.5 Å². The minimum atomic E-state index is -0.597. The first-order valence-corrected chi connectivity index (χ1v) is 4.58. The molecule has 0 radical (unpaired) electrons. The van der Waals surface area contributed by atoms with E-state index in [1.54, 1.807) is 0 Å². The molecular weight excluding hydrogens is 215 g/mol. The molecule has 2 aromatic carbocycles. The molecule has 2 rings (SSSR count). The van der Waals surface area contributed by atoms with Crippen LogP contribution in [-0.2, 0) is 0 Å². The van der Waals surface area contributed by atoms with Crippen LogP contribution in [-0.4, -0.2) is 0 Å². The summed E-state index contributed by atoms with van der Waals surface area (Å²) in [7, 11) is 0. The Morgan fingerprint density at radius 3 is 2.06 bits per heavy atom. The maximum Gasteiger partial charge on any atom is 0.131 e. The van der Waals surface area contributed by atoms with Crippen LogP contribution in [0.4, 0.5) is 18.9 Å². The minimum absolute atomic E-state index is 0.0255. The fraction of sp³-hybridized carbons (Fsp3) is 0. The third-order valence-corrected chi connectivity index (χ3v) is 2.23. The van der Waals surface area contributed by atoms with E-state index in [1.165, 1.54) is 6.07 Å². The van der Waals surface area contributed by atoms with E-state index >= 15 is 0 Å². The molecule has 0 bridgehead atoms. The van der Waals surface area contributed by atoms with Gasteiger partial charge in [0.15, 0.2) is 0 Å². The molecule has 0 atom stereocenters. The molecular formula is C12H8F3N. The minimum Gasteiger partial charge on any atom is -0.398 e. The lowest BCUT2D eigenvalue weighted by molar-refractivity contribution is 0.603. The van der Waals surface area contributed by atoms with Crippen molar-refractivity contribution in [3.05, 3.63) is 53.8 Å². The summed E-state index contributed by atoms with van der Waals surface area (Å²) in [6.07, 6.45) is 0. The first-order valence-electron chi connectivity index (χ1n) is 4.58. The molecule has 0 heterocycles. The van der Waals surface area contributed by atoms with E-state index in [-0.39, 0.29) is 16.8 Å². The van der Waals surface area contributed by atoms with E-state index in [0.29, 0.717) is 0 Å². The average Bonchev–Trinajstić information content (AvgIpc) is 2.22. The highest BCUT2D eigenvalue weighted by Crippen LogP contribution is 2.29. The molecule has 82 valence electrons. The lowest BCUT2D eigenvalue weighted by Gasteiger charge is -2.07. The van der Waals surface area contributed by atoms with Gasteiger partial charge >= 0.3 is 0 Å². The highest BCUT2D eigenvalue weighted by molar-refractivity contribution is 5.76. The van der Waals surface area contributed by atoms with Crippen LogP contribution >= 0.6 is 0 Å². The maximum absolute atomic E-state index is 13.4. The summed E-state index contributed by atoms with van der Waals surface area (Å²) in [6, 6.07) is 6.59. The molecule has 0 saturated heterocycles. The first kappa shape index (κ1) is 10.5. The van der Waals surface area contributed by atoms with Gasteiger partial charge in [-0.1, -0.05) is 0 Å². The van der Waals surface area contributed by atoms with E-state index < -0.39 is 17.5 Å². The highest BCUT2D eigenvalue weighted by atomic mass is 19.1. The largest absolute Gasteiger partial charge is 0.398 e. The highest BCUT2D eigenvalue weighted by Gasteiger charge is 2.10. The van der Waals surface area contributed by atoms with Crippen LogP contribution in [0.15, 0.2) is 36.4 Å². The normalized spacial score (nSPS) is 10.4. The third kappa shape index (κ3) is 1.86. The summed E-state index contributed by atoms with van der Waals surface area (Å²) >= 11 is 0. The van der Waals surface area contributed by atoms with Crippen LogP contribution in [0.25, 0.3) is 11.1 Å². The molecule has 2 N–H and O–H groups in total. The number of benzene rings is 2. The zero-order valence-corrected chi connectivity index (χ0v) is 8.18. The Hall–Kier alpha value is -1.97. The molecule has 0 aliphatic heterocycles. The van der Waals surface area contributed by atoms with Crippen LogP contribution in [0.3, 0.4) is 0 Å². The molecule has 16 heavy (non-hydrogen) atoms. The summed E-state index contributed by atoms with van der Waals surface area (Å²) in [5.41, 5.74) is 5.92. The Morgan fingerprint density at radius 1 is 0.750 bits per heavy atom. The van der Waals surface area contributed by atoms with Crippen LogP contribution in [0, 0.1) is 17.5 Å². The standard InChI is InChI=1S/C12H8F3N/c13-7-2-4-11(15)10(5-7)9-3-1-8(14)6-12(9)16/h1-6H,16H2. The monoisotopic (exact) mass is 223 g/mol. The predicted octanol–water partition coefficient (Wildman–Crippen LogP) is 3.35. The summed E-state index contributed by atoms with van der Waals surface area (Å²) in [5, 5.41) is 0. The fourth-order valence-corrected chi connectivity index (χ4v) is 1.48. The summed E-state index contributed by atoms with van der Waals surface area (Å²) < 4.78 is 39.2. The van der Waals surface area contributed by atoms with Crippen molar-refractivity contribution >= 4 is 5.69 Å². The van der Waals surface area contributed by atoms with E-state index in [1.807, 2.05) is 0 Å². The second kappa shape index (κ2) is 3.89. The number of rotatable bonds is 1. The predicted molar refractivity (Wildman–Crippen MR) is 56.2 cm³/mol. The van der Waals surface area contributed by atoms with Crippen LogP contribution in [0.2, 0.25) is 0 Å². The third-order valence-electron chi connectivity index (χ3n) is 2.23. The second-order valence-corrected chi connectivity index (χ2v) is 3.36. The van der Waals surface area contributed by atoms with Crippen molar-refractivity contribution in [3.8, 4) is 11.1 Å². The van der Waals surface area contributed by atoms with Crippen molar-refractivity contribution in [2.45, 2.75) is 0 Å². The van der Waals surface area contributed by atoms with Gasteiger partial charge in [-0.2, -0.15) is 0 Å². The summed E-state index contributed by atoms with van der Waals surface area (Å²) in [4.78, 5) is 0. The number of hydrogen-bond acceptors (Lipinski definition) is 1. The number of hydrogen-bond donors (Lipinski definition) is 1. The van der Waals surface area contributed by atoms with Gasteiger partial charge in [-0.05, 0) is 36.4 Å². The Labute approximate surface area is 90.3 Å². The zero-order chi connectivity index (χ0) is 11.7. The summed E-state index contributed by atoms with van der Waals surface area (Å²) in [5.74, 6) is -1.68. The number of nitrogens with two attached hydrogens (primary N) is 1. The Balaban J connectivity index is 2.62. The maximum atomic E-state index is 13.4. The smallest absolute Gasteiger partial charge is 0.131 e. The van der Waals surface area contributed by atoms with Gasteiger partial charge < -0.3 is 5.73 Å². The van der Waals surface area contributed by atoms with Gasteiger partial charge in [0.2, 0.25) is 0 Å². The molecule has 0 aliphatic rings. The summed E-state index contributed by atoms with van der Waals surface area (Å²) in [6.45, 7) is 0. The van der Waals surface area contributed by atoms with Crippen molar-refractivity contribution in [2.75, 3.05) is 5.73 Å². The molecule has 4 heteroatoms. The Bertz CT molecular complexity index is 538. The molecule has 2 aromatic rings. The second-order valence-electron chi connectivity index (χ2n) is 3.36. The van der Waals surface area contributed by atoms with Crippen molar-refractivity contribution in [1.29, 1.82) is 0 Å². The van der Waals surface area contributed by atoms with E-state index in [2.05, 4.69) is 0 Å². The lowest BCUT2D eigenvalue weighted by atomic mass is 10.0. The zero-order valence-electron chi connectivity index (χ0n) is 8.18. The molecule has 1 nitrogen and oxygen atoms in total. The fourth-order valence-electron chi connectivity index (χ4n) is 1.48. The topological polar surface area (TPSA) is 26.0 Å². The SMILES string of the molecule is Nc1cc(F)ccc1-c1cc(F)ccc1F.